The number of likely N-dealkylation sites (N-methyl/N-ethyl adjacent to an activating group) is 1. The topological polar surface area (TPSA) is 38.1 Å². The predicted molar refractivity (Wildman–Crippen MR) is 66.4 cm³/mol. The molecule has 0 aliphatic carbocycles. The molecule has 1 aromatic carbocycles. The minimum Gasteiger partial charge on any atom is -0.306 e. The molecule has 0 radical (unpaired) electrons. The minimum atomic E-state index is 0.132. The van der Waals surface area contributed by atoms with Crippen LogP contribution >= 0.6 is 0 Å². The van der Waals surface area contributed by atoms with Gasteiger partial charge in [0.2, 0.25) is 0 Å². The maximum Gasteiger partial charge on any atom is 0.176 e. The Labute approximate surface area is 101 Å². The SMILES string of the molecule is CN(C)CC(=O)c1ccc(-n2ccnc2)cc1. The van der Waals surface area contributed by atoms with Gasteiger partial charge in [0.1, 0.15) is 0 Å². The number of benzene rings is 1. The Morgan fingerprint density at radius 3 is 2.53 bits per heavy atom. The Morgan fingerprint density at radius 2 is 2.00 bits per heavy atom. The van der Waals surface area contributed by atoms with Crippen LogP contribution < -0.4 is 0 Å². The van der Waals surface area contributed by atoms with Crippen molar-refractivity contribution in [2.24, 2.45) is 0 Å². The first-order valence-corrected chi connectivity index (χ1v) is 5.43. The highest BCUT2D eigenvalue weighted by molar-refractivity contribution is 5.97. The number of imidazole rings is 1. The molecule has 0 aliphatic heterocycles. The fourth-order valence-electron chi connectivity index (χ4n) is 1.61. The molecule has 0 atom stereocenters. The van der Waals surface area contributed by atoms with Crippen LogP contribution in [0.4, 0.5) is 0 Å². The molecule has 0 spiro atoms. The van der Waals surface area contributed by atoms with E-state index < -0.39 is 0 Å². The summed E-state index contributed by atoms with van der Waals surface area (Å²) in [4.78, 5) is 17.6. The van der Waals surface area contributed by atoms with Gasteiger partial charge in [0.05, 0.1) is 12.9 Å². The van der Waals surface area contributed by atoms with E-state index in [-0.39, 0.29) is 5.78 Å². The maximum atomic E-state index is 11.8. The van der Waals surface area contributed by atoms with Crippen LogP contribution in [-0.4, -0.2) is 40.9 Å². The Hall–Kier alpha value is -1.94. The van der Waals surface area contributed by atoms with Gasteiger partial charge in [0, 0.05) is 23.6 Å². The van der Waals surface area contributed by atoms with Crippen LogP contribution in [-0.2, 0) is 0 Å². The summed E-state index contributed by atoms with van der Waals surface area (Å²) in [5.74, 6) is 0.132. The zero-order valence-electron chi connectivity index (χ0n) is 10.00. The molecule has 0 unspecified atom stereocenters. The highest BCUT2D eigenvalue weighted by Crippen LogP contribution is 2.09. The Bertz CT molecular complexity index is 486. The van der Waals surface area contributed by atoms with E-state index in [1.165, 1.54) is 0 Å². The number of hydrogen-bond donors (Lipinski definition) is 0. The molecule has 2 aromatic rings. The van der Waals surface area contributed by atoms with Gasteiger partial charge in [0.25, 0.3) is 0 Å². The highest BCUT2D eigenvalue weighted by atomic mass is 16.1. The standard InChI is InChI=1S/C13H15N3O/c1-15(2)9-13(17)11-3-5-12(6-4-11)16-8-7-14-10-16/h3-8,10H,9H2,1-2H3. The van der Waals surface area contributed by atoms with Crippen molar-refractivity contribution < 1.29 is 4.79 Å². The number of ketones is 1. The lowest BCUT2D eigenvalue weighted by molar-refractivity contribution is 0.0958. The van der Waals surface area contributed by atoms with Crippen LogP contribution in [0.15, 0.2) is 43.0 Å². The zero-order valence-corrected chi connectivity index (χ0v) is 10.00. The fraction of sp³-hybridized carbons (Fsp3) is 0.231. The third-order valence-electron chi connectivity index (χ3n) is 2.45. The molecule has 17 heavy (non-hydrogen) atoms. The van der Waals surface area contributed by atoms with Crippen LogP contribution in [0, 0.1) is 0 Å². The number of rotatable bonds is 4. The number of carbonyl (C=O) groups is 1. The van der Waals surface area contributed by atoms with Gasteiger partial charge in [-0.15, -0.1) is 0 Å². The second kappa shape index (κ2) is 4.93. The fourth-order valence-corrected chi connectivity index (χ4v) is 1.61. The van der Waals surface area contributed by atoms with Gasteiger partial charge < -0.3 is 9.47 Å². The monoisotopic (exact) mass is 229 g/mol. The van der Waals surface area contributed by atoms with Gasteiger partial charge in [0.15, 0.2) is 5.78 Å². The lowest BCUT2D eigenvalue weighted by Crippen LogP contribution is -2.21. The third-order valence-corrected chi connectivity index (χ3v) is 2.45. The van der Waals surface area contributed by atoms with Crippen molar-refractivity contribution in [3.63, 3.8) is 0 Å². The summed E-state index contributed by atoms with van der Waals surface area (Å²) in [6.07, 6.45) is 5.33. The number of aromatic nitrogens is 2. The van der Waals surface area contributed by atoms with E-state index in [9.17, 15) is 4.79 Å². The quantitative estimate of drug-likeness (QED) is 0.748. The van der Waals surface area contributed by atoms with Gasteiger partial charge in [-0.3, -0.25) is 4.79 Å². The van der Waals surface area contributed by atoms with Gasteiger partial charge in [-0.2, -0.15) is 0 Å². The number of hydrogen-bond acceptors (Lipinski definition) is 3. The van der Waals surface area contributed by atoms with E-state index >= 15 is 0 Å². The molecule has 4 nitrogen and oxygen atoms in total. The number of Topliss-reactive ketones (excluding diaryl/α,β-unsaturated/α-hetero) is 1. The molecule has 1 heterocycles. The average Bonchev–Trinajstić information content (AvgIpc) is 2.82. The Balaban J connectivity index is 2.16. The lowest BCUT2D eigenvalue weighted by Gasteiger charge is -2.09. The summed E-state index contributed by atoms with van der Waals surface area (Å²) in [6.45, 7) is 0.435. The van der Waals surface area contributed by atoms with Crippen LogP contribution in [0.3, 0.4) is 0 Å². The normalized spacial score (nSPS) is 10.8. The van der Waals surface area contributed by atoms with Gasteiger partial charge in [-0.25, -0.2) is 4.98 Å². The van der Waals surface area contributed by atoms with Crippen LogP contribution in [0.5, 0.6) is 0 Å². The van der Waals surface area contributed by atoms with Crippen molar-refractivity contribution in [2.75, 3.05) is 20.6 Å². The molecule has 88 valence electrons. The summed E-state index contributed by atoms with van der Waals surface area (Å²) < 4.78 is 1.90. The van der Waals surface area contributed by atoms with Crippen LogP contribution in [0.1, 0.15) is 10.4 Å². The smallest absolute Gasteiger partial charge is 0.176 e. The van der Waals surface area contributed by atoms with Gasteiger partial charge in [-0.05, 0) is 38.4 Å². The molecule has 1 aromatic heterocycles. The molecular formula is C13H15N3O. The second-order valence-corrected chi connectivity index (χ2v) is 4.18. The van der Waals surface area contributed by atoms with Crippen molar-refractivity contribution in [3.05, 3.63) is 48.5 Å². The summed E-state index contributed by atoms with van der Waals surface area (Å²) in [6, 6.07) is 7.54. The van der Waals surface area contributed by atoms with Crippen molar-refractivity contribution in [1.82, 2.24) is 14.5 Å². The molecule has 0 N–H and O–H groups in total. The highest BCUT2D eigenvalue weighted by Gasteiger charge is 2.06. The van der Waals surface area contributed by atoms with Crippen molar-refractivity contribution in [3.8, 4) is 5.69 Å². The molecule has 0 bridgehead atoms. The lowest BCUT2D eigenvalue weighted by atomic mass is 10.1. The number of nitrogens with zero attached hydrogens (tertiary/aromatic N) is 3. The Kier molecular flexibility index (Phi) is 3.35. The largest absolute Gasteiger partial charge is 0.306 e. The van der Waals surface area contributed by atoms with E-state index in [2.05, 4.69) is 4.98 Å². The summed E-state index contributed by atoms with van der Waals surface area (Å²) in [5, 5.41) is 0. The van der Waals surface area contributed by atoms with Gasteiger partial charge in [-0.1, -0.05) is 0 Å². The molecular weight excluding hydrogens is 214 g/mol. The van der Waals surface area contributed by atoms with E-state index in [1.807, 2.05) is 54.0 Å². The van der Waals surface area contributed by atoms with E-state index in [0.29, 0.717) is 6.54 Å². The molecule has 2 rings (SSSR count). The van der Waals surface area contributed by atoms with Crippen molar-refractivity contribution in [1.29, 1.82) is 0 Å². The predicted octanol–water partition coefficient (Wildman–Crippen LogP) is 1.62. The summed E-state index contributed by atoms with van der Waals surface area (Å²) in [5.41, 5.74) is 1.74. The average molecular weight is 229 g/mol. The van der Waals surface area contributed by atoms with Crippen LogP contribution in [0.25, 0.3) is 5.69 Å². The number of carbonyl (C=O) groups excluding carboxylic acids is 1. The first-order chi connectivity index (χ1) is 8.16. The molecule has 0 aliphatic rings. The molecule has 0 fully saturated rings. The molecule has 0 saturated carbocycles. The van der Waals surface area contributed by atoms with Crippen molar-refractivity contribution >= 4 is 5.78 Å². The van der Waals surface area contributed by atoms with Gasteiger partial charge >= 0.3 is 0 Å². The zero-order chi connectivity index (χ0) is 12.3. The Morgan fingerprint density at radius 1 is 1.29 bits per heavy atom. The molecule has 0 saturated heterocycles. The van der Waals surface area contributed by atoms with E-state index in [0.717, 1.165) is 11.3 Å². The maximum absolute atomic E-state index is 11.8. The minimum absolute atomic E-state index is 0.132. The second-order valence-electron chi connectivity index (χ2n) is 4.18. The first-order valence-electron chi connectivity index (χ1n) is 5.43. The van der Waals surface area contributed by atoms with Crippen molar-refractivity contribution in [2.45, 2.75) is 0 Å². The first kappa shape index (κ1) is 11.5. The summed E-state index contributed by atoms with van der Waals surface area (Å²) in [7, 11) is 3.77. The van der Waals surface area contributed by atoms with Crippen LogP contribution in [0.2, 0.25) is 0 Å². The third kappa shape index (κ3) is 2.79. The van der Waals surface area contributed by atoms with E-state index in [1.54, 1.807) is 12.5 Å². The summed E-state index contributed by atoms with van der Waals surface area (Å²) >= 11 is 0. The molecule has 4 heteroatoms. The van der Waals surface area contributed by atoms with E-state index in [4.69, 9.17) is 0 Å². The molecule has 0 amide bonds.